The molecule has 140 valence electrons. The standard InChI is InChI=1S/C19H31N3O3/c1-5-15(2)16-7-9-17(10-8-16)21-19(24)14-22(3)13-18(23)20-11-6-12-25-4/h7-10,15H,5-6,11-14H2,1-4H3,(H,20,23)(H,21,24). The summed E-state index contributed by atoms with van der Waals surface area (Å²) in [5.74, 6) is 0.286. The molecule has 0 saturated carbocycles. The Balaban J connectivity index is 2.34. The largest absolute Gasteiger partial charge is 0.385 e. The predicted molar refractivity (Wildman–Crippen MR) is 101 cm³/mol. The first-order valence-electron chi connectivity index (χ1n) is 8.80. The fraction of sp³-hybridized carbons (Fsp3) is 0.579. The molecule has 6 heteroatoms. The maximum atomic E-state index is 12.1. The number of anilines is 1. The Kier molecular flexibility index (Phi) is 9.80. The lowest BCUT2D eigenvalue weighted by Gasteiger charge is -2.16. The molecule has 0 aromatic heterocycles. The first-order valence-corrected chi connectivity index (χ1v) is 8.80. The van der Waals surface area contributed by atoms with Crippen LogP contribution in [0.3, 0.4) is 0 Å². The molecule has 25 heavy (non-hydrogen) atoms. The molecule has 0 fully saturated rings. The molecule has 0 radical (unpaired) electrons. The van der Waals surface area contributed by atoms with Crippen molar-refractivity contribution in [3.63, 3.8) is 0 Å². The van der Waals surface area contributed by atoms with Crippen molar-refractivity contribution in [3.8, 4) is 0 Å². The van der Waals surface area contributed by atoms with Crippen LogP contribution < -0.4 is 10.6 Å². The van der Waals surface area contributed by atoms with Crippen molar-refractivity contribution in [1.29, 1.82) is 0 Å². The summed E-state index contributed by atoms with van der Waals surface area (Å²) in [6, 6.07) is 7.92. The van der Waals surface area contributed by atoms with Gasteiger partial charge in [-0.25, -0.2) is 0 Å². The zero-order valence-electron chi connectivity index (χ0n) is 15.8. The average molecular weight is 349 g/mol. The summed E-state index contributed by atoms with van der Waals surface area (Å²) in [6.45, 7) is 5.89. The minimum absolute atomic E-state index is 0.0932. The number of nitrogens with one attached hydrogen (secondary N) is 2. The lowest BCUT2D eigenvalue weighted by Crippen LogP contribution is -2.39. The molecule has 1 atom stereocenters. The van der Waals surface area contributed by atoms with Gasteiger partial charge in [0.15, 0.2) is 0 Å². The number of likely N-dealkylation sites (N-methyl/N-ethyl adjacent to an activating group) is 1. The van der Waals surface area contributed by atoms with E-state index in [1.54, 1.807) is 19.1 Å². The molecule has 0 saturated heterocycles. The molecule has 2 amide bonds. The molecule has 0 aliphatic heterocycles. The highest BCUT2D eigenvalue weighted by Gasteiger charge is 2.11. The highest BCUT2D eigenvalue weighted by molar-refractivity contribution is 5.92. The van der Waals surface area contributed by atoms with Gasteiger partial charge < -0.3 is 15.4 Å². The molecule has 1 aromatic carbocycles. The van der Waals surface area contributed by atoms with E-state index < -0.39 is 0 Å². The Bertz CT molecular complexity index is 531. The molecule has 6 nitrogen and oxygen atoms in total. The Morgan fingerprint density at radius 3 is 2.40 bits per heavy atom. The van der Waals surface area contributed by atoms with Crippen LogP contribution in [0.15, 0.2) is 24.3 Å². The van der Waals surface area contributed by atoms with Crippen LogP contribution in [0.2, 0.25) is 0 Å². The van der Waals surface area contributed by atoms with Gasteiger partial charge in [-0.15, -0.1) is 0 Å². The third-order valence-corrected chi connectivity index (χ3v) is 4.05. The number of benzene rings is 1. The van der Waals surface area contributed by atoms with Gasteiger partial charge in [-0.2, -0.15) is 0 Å². The van der Waals surface area contributed by atoms with E-state index in [2.05, 4.69) is 24.5 Å². The van der Waals surface area contributed by atoms with Gasteiger partial charge in [-0.3, -0.25) is 14.5 Å². The topological polar surface area (TPSA) is 70.7 Å². The number of methoxy groups -OCH3 is 1. The summed E-state index contributed by atoms with van der Waals surface area (Å²) in [5.41, 5.74) is 2.04. The van der Waals surface area contributed by atoms with Crippen LogP contribution in [0.1, 0.15) is 38.2 Å². The summed E-state index contributed by atoms with van der Waals surface area (Å²) in [5, 5.41) is 5.66. The maximum absolute atomic E-state index is 12.1. The minimum atomic E-state index is -0.133. The van der Waals surface area contributed by atoms with Gasteiger partial charge in [0.05, 0.1) is 13.1 Å². The Hall–Kier alpha value is -1.92. The lowest BCUT2D eigenvalue weighted by molar-refractivity contribution is -0.123. The highest BCUT2D eigenvalue weighted by atomic mass is 16.5. The van der Waals surface area contributed by atoms with E-state index in [1.165, 1.54) is 5.56 Å². The second-order valence-corrected chi connectivity index (χ2v) is 6.35. The van der Waals surface area contributed by atoms with Gasteiger partial charge >= 0.3 is 0 Å². The maximum Gasteiger partial charge on any atom is 0.238 e. The molecule has 1 aromatic rings. The van der Waals surface area contributed by atoms with Gasteiger partial charge in [0.1, 0.15) is 0 Å². The second kappa shape index (κ2) is 11.6. The summed E-state index contributed by atoms with van der Waals surface area (Å²) in [7, 11) is 3.38. The van der Waals surface area contributed by atoms with Gasteiger partial charge in [0, 0.05) is 25.9 Å². The predicted octanol–water partition coefficient (Wildman–Crippen LogP) is 2.22. The number of hydrogen-bond acceptors (Lipinski definition) is 4. The number of carbonyl (C=O) groups is 2. The van der Waals surface area contributed by atoms with E-state index >= 15 is 0 Å². The smallest absolute Gasteiger partial charge is 0.238 e. The minimum Gasteiger partial charge on any atom is -0.385 e. The Labute approximate surface area is 150 Å². The van der Waals surface area contributed by atoms with E-state index in [-0.39, 0.29) is 24.9 Å². The van der Waals surface area contributed by atoms with Crippen LogP contribution in [0.25, 0.3) is 0 Å². The molecular formula is C19H31N3O3. The van der Waals surface area contributed by atoms with Gasteiger partial charge in [0.25, 0.3) is 0 Å². The number of amides is 2. The van der Waals surface area contributed by atoms with Crippen molar-refractivity contribution >= 4 is 17.5 Å². The molecule has 0 aliphatic carbocycles. The molecule has 0 aliphatic rings. The van der Waals surface area contributed by atoms with Gasteiger partial charge in [-0.05, 0) is 43.5 Å². The van der Waals surface area contributed by atoms with Crippen LogP contribution in [0, 0.1) is 0 Å². The summed E-state index contributed by atoms with van der Waals surface area (Å²) in [4.78, 5) is 25.5. The molecule has 1 unspecified atom stereocenters. The number of ether oxygens (including phenoxy) is 1. The van der Waals surface area contributed by atoms with Gasteiger partial charge in [-0.1, -0.05) is 26.0 Å². The fourth-order valence-electron chi connectivity index (χ4n) is 2.38. The number of rotatable bonds is 11. The average Bonchev–Trinajstić information content (AvgIpc) is 2.58. The van der Waals surface area contributed by atoms with Crippen LogP contribution in [-0.2, 0) is 14.3 Å². The molecular weight excluding hydrogens is 318 g/mol. The zero-order valence-corrected chi connectivity index (χ0v) is 15.8. The van der Waals surface area contributed by atoms with E-state index in [0.29, 0.717) is 19.1 Å². The lowest BCUT2D eigenvalue weighted by atomic mass is 9.99. The van der Waals surface area contributed by atoms with Crippen molar-refractivity contribution in [2.24, 2.45) is 0 Å². The molecule has 1 rings (SSSR count). The molecule has 2 N–H and O–H groups in total. The van der Waals surface area contributed by atoms with Crippen molar-refractivity contribution in [2.75, 3.05) is 45.7 Å². The summed E-state index contributed by atoms with van der Waals surface area (Å²) < 4.78 is 4.93. The number of carbonyl (C=O) groups excluding carboxylic acids is 2. The highest BCUT2D eigenvalue weighted by Crippen LogP contribution is 2.20. The first kappa shape index (κ1) is 21.1. The van der Waals surface area contributed by atoms with E-state index in [9.17, 15) is 9.59 Å². The molecule has 0 heterocycles. The van der Waals surface area contributed by atoms with Crippen molar-refractivity contribution < 1.29 is 14.3 Å². The normalized spacial score (nSPS) is 12.0. The van der Waals surface area contributed by atoms with E-state index in [0.717, 1.165) is 18.5 Å². The number of nitrogens with zero attached hydrogens (tertiary/aromatic N) is 1. The Morgan fingerprint density at radius 1 is 1.16 bits per heavy atom. The second-order valence-electron chi connectivity index (χ2n) is 6.35. The van der Waals surface area contributed by atoms with E-state index in [1.807, 2.05) is 24.3 Å². The number of hydrogen-bond donors (Lipinski definition) is 2. The van der Waals surface area contributed by atoms with Crippen molar-refractivity contribution in [2.45, 2.75) is 32.6 Å². The monoisotopic (exact) mass is 349 g/mol. The van der Waals surface area contributed by atoms with Crippen LogP contribution >= 0.6 is 0 Å². The summed E-state index contributed by atoms with van der Waals surface area (Å²) in [6.07, 6.45) is 1.86. The Morgan fingerprint density at radius 2 is 1.80 bits per heavy atom. The van der Waals surface area contributed by atoms with Crippen LogP contribution in [-0.4, -0.2) is 57.1 Å². The molecule has 0 bridgehead atoms. The quantitative estimate of drug-likeness (QED) is 0.601. The zero-order chi connectivity index (χ0) is 18.7. The third kappa shape index (κ3) is 8.65. The third-order valence-electron chi connectivity index (χ3n) is 4.05. The van der Waals surface area contributed by atoms with Crippen LogP contribution in [0.5, 0.6) is 0 Å². The molecule has 0 spiro atoms. The van der Waals surface area contributed by atoms with Crippen molar-refractivity contribution in [3.05, 3.63) is 29.8 Å². The summed E-state index contributed by atoms with van der Waals surface area (Å²) >= 11 is 0. The van der Waals surface area contributed by atoms with Crippen molar-refractivity contribution in [1.82, 2.24) is 10.2 Å². The first-order chi connectivity index (χ1) is 12.0. The van der Waals surface area contributed by atoms with Crippen LogP contribution in [0.4, 0.5) is 5.69 Å². The van der Waals surface area contributed by atoms with E-state index in [4.69, 9.17) is 4.74 Å². The fourth-order valence-corrected chi connectivity index (χ4v) is 2.38. The van der Waals surface area contributed by atoms with Gasteiger partial charge in [0.2, 0.25) is 11.8 Å². The SMILES string of the molecule is CCC(C)c1ccc(NC(=O)CN(C)CC(=O)NCCCOC)cc1.